The molecule has 0 aliphatic rings. The fourth-order valence-electron chi connectivity index (χ4n) is 1.61. The quantitative estimate of drug-likeness (QED) is 0.909. The van der Waals surface area contributed by atoms with Crippen molar-refractivity contribution in [1.82, 2.24) is 9.97 Å². The molecule has 1 amide bonds. The Hall–Kier alpha value is -2.57. The van der Waals surface area contributed by atoms with Crippen LogP contribution in [0.4, 0.5) is 20.4 Å². The van der Waals surface area contributed by atoms with E-state index in [1.165, 1.54) is 18.3 Å². The second kappa shape index (κ2) is 6.25. The van der Waals surface area contributed by atoms with E-state index in [1.54, 1.807) is 0 Å². The Morgan fingerprint density at radius 3 is 2.48 bits per heavy atom. The first-order chi connectivity index (χ1) is 9.97. The van der Waals surface area contributed by atoms with Crippen LogP contribution in [0.1, 0.15) is 24.3 Å². The van der Waals surface area contributed by atoms with E-state index >= 15 is 0 Å². The lowest BCUT2D eigenvalue weighted by Gasteiger charge is -2.10. The molecule has 0 radical (unpaired) electrons. The number of carbonyl (C=O) groups excluding carboxylic acids is 1. The highest BCUT2D eigenvalue weighted by atomic mass is 19.1. The molecule has 0 unspecified atom stereocenters. The molecule has 0 saturated heterocycles. The third-order valence-corrected chi connectivity index (χ3v) is 2.51. The number of amides is 1. The van der Waals surface area contributed by atoms with Crippen LogP contribution < -0.4 is 10.6 Å². The number of halogens is 2. The van der Waals surface area contributed by atoms with Gasteiger partial charge in [0.1, 0.15) is 23.0 Å². The van der Waals surface area contributed by atoms with E-state index in [0.717, 1.165) is 12.1 Å². The van der Waals surface area contributed by atoms with Gasteiger partial charge < -0.3 is 10.6 Å². The summed E-state index contributed by atoms with van der Waals surface area (Å²) < 4.78 is 27.0. The van der Waals surface area contributed by atoms with Gasteiger partial charge in [0, 0.05) is 12.2 Å². The zero-order valence-corrected chi connectivity index (χ0v) is 11.5. The average Bonchev–Trinajstić information content (AvgIpc) is 2.42. The summed E-state index contributed by atoms with van der Waals surface area (Å²) in [5.41, 5.74) is -0.490. The van der Waals surface area contributed by atoms with Crippen molar-refractivity contribution in [2.24, 2.45) is 0 Å². The standard InChI is InChI=1S/C14H14F2N4O/c1-8(2)18-14-17-7-6-11(19-14)13(21)20-12-9(15)4-3-5-10(12)16/h3-8H,1-2H3,(H,20,21)(H,17,18,19). The Bertz CT molecular complexity index is 641. The van der Waals surface area contributed by atoms with Crippen molar-refractivity contribution >= 4 is 17.5 Å². The highest BCUT2D eigenvalue weighted by molar-refractivity contribution is 6.03. The molecule has 7 heteroatoms. The molecule has 0 spiro atoms. The van der Waals surface area contributed by atoms with Crippen molar-refractivity contribution in [2.75, 3.05) is 10.6 Å². The molecule has 0 saturated carbocycles. The van der Waals surface area contributed by atoms with Gasteiger partial charge in [0.05, 0.1) is 0 Å². The minimum atomic E-state index is -0.849. The van der Waals surface area contributed by atoms with Gasteiger partial charge in [-0.15, -0.1) is 0 Å². The molecule has 0 bridgehead atoms. The van der Waals surface area contributed by atoms with E-state index in [-0.39, 0.29) is 17.7 Å². The first-order valence-electron chi connectivity index (χ1n) is 6.32. The summed E-state index contributed by atoms with van der Waals surface area (Å²) in [4.78, 5) is 19.9. The summed E-state index contributed by atoms with van der Waals surface area (Å²) >= 11 is 0. The van der Waals surface area contributed by atoms with Crippen molar-refractivity contribution in [3.8, 4) is 0 Å². The molecular weight excluding hydrogens is 278 g/mol. The predicted molar refractivity (Wildman–Crippen MR) is 75.1 cm³/mol. The predicted octanol–water partition coefficient (Wildman–Crippen LogP) is 2.83. The summed E-state index contributed by atoms with van der Waals surface area (Å²) in [6, 6.07) is 4.79. The molecule has 1 aromatic carbocycles. The van der Waals surface area contributed by atoms with Gasteiger partial charge in [0.2, 0.25) is 5.95 Å². The van der Waals surface area contributed by atoms with Crippen LogP contribution in [-0.4, -0.2) is 21.9 Å². The number of benzene rings is 1. The fourth-order valence-corrected chi connectivity index (χ4v) is 1.61. The Kier molecular flexibility index (Phi) is 4.42. The van der Waals surface area contributed by atoms with Gasteiger partial charge in [-0.3, -0.25) is 4.79 Å². The molecule has 0 aliphatic carbocycles. The molecular formula is C14H14F2N4O. The second-order valence-corrected chi connectivity index (χ2v) is 4.62. The van der Waals surface area contributed by atoms with E-state index < -0.39 is 23.2 Å². The van der Waals surface area contributed by atoms with Crippen molar-refractivity contribution in [2.45, 2.75) is 19.9 Å². The monoisotopic (exact) mass is 292 g/mol. The number of para-hydroxylation sites is 1. The van der Waals surface area contributed by atoms with Gasteiger partial charge >= 0.3 is 0 Å². The zero-order chi connectivity index (χ0) is 15.4. The summed E-state index contributed by atoms with van der Waals surface area (Å²) in [5, 5.41) is 5.10. The summed E-state index contributed by atoms with van der Waals surface area (Å²) in [7, 11) is 0. The van der Waals surface area contributed by atoms with Gasteiger partial charge in [-0.2, -0.15) is 0 Å². The Morgan fingerprint density at radius 1 is 1.19 bits per heavy atom. The summed E-state index contributed by atoms with van der Waals surface area (Å²) in [6.45, 7) is 3.79. The van der Waals surface area contributed by atoms with E-state index in [0.29, 0.717) is 0 Å². The maximum absolute atomic E-state index is 13.5. The third-order valence-electron chi connectivity index (χ3n) is 2.51. The molecule has 2 aromatic rings. The van der Waals surface area contributed by atoms with Crippen LogP contribution in [0, 0.1) is 11.6 Å². The third kappa shape index (κ3) is 3.71. The first kappa shape index (κ1) is 14.8. The fraction of sp³-hybridized carbons (Fsp3) is 0.214. The smallest absolute Gasteiger partial charge is 0.274 e. The van der Waals surface area contributed by atoms with E-state index in [1.807, 2.05) is 13.8 Å². The van der Waals surface area contributed by atoms with Crippen molar-refractivity contribution < 1.29 is 13.6 Å². The van der Waals surface area contributed by atoms with Crippen LogP contribution in [0.2, 0.25) is 0 Å². The number of aromatic nitrogens is 2. The van der Waals surface area contributed by atoms with E-state index in [9.17, 15) is 13.6 Å². The number of hydrogen-bond acceptors (Lipinski definition) is 4. The largest absolute Gasteiger partial charge is 0.352 e. The molecule has 2 rings (SSSR count). The van der Waals surface area contributed by atoms with Crippen LogP contribution in [-0.2, 0) is 0 Å². The maximum atomic E-state index is 13.5. The highest BCUT2D eigenvalue weighted by Crippen LogP contribution is 2.18. The number of nitrogens with one attached hydrogen (secondary N) is 2. The lowest BCUT2D eigenvalue weighted by atomic mass is 10.2. The van der Waals surface area contributed by atoms with Crippen LogP contribution >= 0.6 is 0 Å². The molecule has 21 heavy (non-hydrogen) atoms. The molecule has 2 N–H and O–H groups in total. The number of rotatable bonds is 4. The lowest BCUT2D eigenvalue weighted by molar-refractivity contribution is 0.102. The highest BCUT2D eigenvalue weighted by Gasteiger charge is 2.15. The first-order valence-corrected chi connectivity index (χ1v) is 6.32. The van der Waals surface area contributed by atoms with Crippen molar-refractivity contribution in [3.05, 3.63) is 47.8 Å². The van der Waals surface area contributed by atoms with E-state index in [2.05, 4.69) is 20.6 Å². The molecule has 110 valence electrons. The molecule has 0 atom stereocenters. The van der Waals surface area contributed by atoms with Crippen molar-refractivity contribution in [3.63, 3.8) is 0 Å². The van der Waals surface area contributed by atoms with Gasteiger partial charge in [-0.1, -0.05) is 6.07 Å². The topological polar surface area (TPSA) is 66.9 Å². The Morgan fingerprint density at radius 2 is 1.86 bits per heavy atom. The van der Waals surface area contributed by atoms with Crippen LogP contribution in [0.3, 0.4) is 0 Å². The second-order valence-electron chi connectivity index (χ2n) is 4.62. The molecule has 1 heterocycles. The van der Waals surface area contributed by atoms with Gasteiger partial charge in [-0.25, -0.2) is 18.7 Å². The van der Waals surface area contributed by atoms with E-state index in [4.69, 9.17) is 0 Å². The SMILES string of the molecule is CC(C)Nc1nccc(C(=O)Nc2c(F)cccc2F)n1. The molecule has 1 aromatic heterocycles. The zero-order valence-electron chi connectivity index (χ0n) is 11.5. The van der Waals surface area contributed by atoms with Crippen LogP contribution in [0.5, 0.6) is 0 Å². The van der Waals surface area contributed by atoms with Gasteiger partial charge in [0.25, 0.3) is 5.91 Å². The lowest BCUT2D eigenvalue weighted by Crippen LogP contribution is -2.18. The number of nitrogens with zero attached hydrogens (tertiary/aromatic N) is 2. The molecule has 0 fully saturated rings. The van der Waals surface area contributed by atoms with Gasteiger partial charge in [-0.05, 0) is 32.0 Å². The number of hydrogen-bond donors (Lipinski definition) is 2. The van der Waals surface area contributed by atoms with Crippen LogP contribution in [0.15, 0.2) is 30.5 Å². The minimum Gasteiger partial charge on any atom is -0.352 e. The Labute approximate surface area is 120 Å². The minimum absolute atomic E-state index is 0.0100. The average molecular weight is 292 g/mol. The Balaban J connectivity index is 2.21. The number of anilines is 2. The van der Waals surface area contributed by atoms with Gasteiger partial charge in [0.15, 0.2) is 0 Å². The molecule has 5 nitrogen and oxygen atoms in total. The molecule has 0 aliphatic heterocycles. The maximum Gasteiger partial charge on any atom is 0.274 e. The summed E-state index contributed by atoms with van der Waals surface area (Å²) in [5.74, 6) is -2.14. The summed E-state index contributed by atoms with van der Waals surface area (Å²) in [6.07, 6.45) is 1.39. The van der Waals surface area contributed by atoms with Crippen molar-refractivity contribution in [1.29, 1.82) is 0 Å². The van der Waals surface area contributed by atoms with Crippen LogP contribution in [0.25, 0.3) is 0 Å². The number of carbonyl (C=O) groups is 1. The normalized spacial score (nSPS) is 10.5.